The molecule has 0 atom stereocenters. The van der Waals surface area contributed by atoms with Crippen molar-refractivity contribution in [2.75, 3.05) is 36.5 Å². The van der Waals surface area contributed by atoms with Crippen LogP contribution in [0.3, 0.4) is 0 Å². The molecule has 0 radical (unpaired) electrons. The molecule has 0 saturated carbocycles. The zero-order chi connectivity index (χ0) is 14.5. The van der Waals surface area contributed by atoms with Crippen LogP contribution in [-0.2, 0) is 9.59 Å². The Morgan fingerprint density at radius 1 is 1.30 bits per heavy atom. The molecule has 1 aromatic carbocycles. The number of para-hydroxylation sites is 1. The van der Waals surface area contributed by atoms with Gasteiger partial charge in [0.25, 0.3) is 0 Å². The molecule has 0 bridgehead atoms. The van der Waals surface area contributed by atoms with Gasteiger partial charge in [-0.2, -0.15) is 11.8 Å². The van der Waals surface area contributed by atoms with Gasteiger partial charge in [-0.05, 0) is 24.8 Å². The van der Waals surface area contributed by atoms with Gasteiger partial charge in [-0.1, -0.05) is 18.2 Å². The van der Waals surface area contributed by atoms with E-state index in [9.17, 15) is 9.59 Å². The van der Waals surface area contributed by atoms with Gasteiger partial charge >= 0.3 is 0 Å². The molecule has 1 saturated heterocycles. The Kier molecular flexibility index (Phi) is 5.06. The standard InChI is InChI=1S/C15H20N2O2S/c1-12-5-3-4-6-13(12)17-9-8-16(11-15(17)19)14(18)7-10-20-2/h3-6H,7-11H2,1-2H3. The molecule has 1 fully saturated rings. The molecule has 108 valence electrons. The second kappa shape index (κ2) is 6.79. The van der Waals surface area contributed by atoms with Crippen LogP contribution < -0.4 is 4.90 Å². The monoisotopic (exact) mass is 292 g/mol. The first-order valence-electron chi connectivity index (χ1n) is 6.76. The van der Waals surface area contributed by atoms with Crippen molar-refractivity contribution in [2.45, 2.75) is 13.3 Å². The average molecular weight is 292 g/mol. The number of aryl methyl sites for hydroxylation is 1. The molecule has 0 aromatic heterocycles. The van der Waals surface area contributed by atoms with E-state index in [0.717, 1.165) is 17.0 Å². The average Bonchev–Trinajstić information content (AvgIpc) is 2.45. The second-order valence-corrected chi connectivity index (χ2v) is 5.88. The van der Waals surface area contributed by atoms with Crippen LogP contribution in [0.5, 0.6) is 0 Å². The van der Waals surface area contributed by atoms with Crippen molar-refractivity contribution in [1.29, 1.82) is 0 Å². The molecule has 5 heteroatoms. The number of amides is 2. The van der Waals surface area contributed by atoms with Gasteiger partial charge in [0.2, 0.25) is 11.8 Å². The Labute approximate surface area is 124 Å². The lowest BCUT2D eigenvalue weighted by Gasteiger charge is -2.35. The molecule has 4 nitrogen and oxygen atoms in total. The lowest BCUT2D eigenvalue weighted by molar-refractivity contribution is -0.136. The maximum Gasteiger partial charge on any atom is 0.246 e. The smallest absolute Gasteiger partial charge is 0.246 e. The fourth-order valence-electron chi connectivity index (χ4n) is 2.35. The molecule has 1 heterocycles. The van der Waals surface area contributed by atoms with Crippen molar-refractivity contribution in [2.24, 2.45) is 0 Å². The fraction of sp³-hybridized carbons (Fsp3) is 0.467. The summed E-state index contributed by atoms with van der Waals surface area (Å²) in [6.07, 6.45) is 2.49. The minimum atomic E-state index is 0.00283. The summed E-state index contributed by atoms with van der Waals surface area (Å²) in [5, 5.41) is 0. The van der Waals surface area contributed by atoms with Gasteiger partial charge in [-0.25, -0.2) is 0 Å². The van der Waals surface area contributed by atoms with E-state index in [-0.39, 0.29) is 18.4 Å². The Morgan fingerprint density at radius 3 is 2.70 bits per heavy atom. The van der Waals surface area contributed by atoms with E-state index in [0.29, 0.717) is 19.5 Å². The van der Waals surface area contributed by atoms with Gasteiger partial charge in [0.1, 0.15) is 6.54 Å². The van der Waals surface area contributed by atoms with Crippen LogP contribution in [0, 0.1) is 6.92 Å². The summed E-state index contributed by atoms with van der Waals surface area (Å²) in [6.45, 7) is 3.39. The Hall–Kier alpha value is -1.49. The molecule has 0 N–H and O–H groups in total. The van der Waals surface area contributed by atoms with E-state index in [1.54, 1.807) is 21.6 Å². The maximum atomic E-state index is 12.3. The number of anilines is 1. The third kappa shape index (κ3) is 3.33. The van der Waals surface area contributed by atoms with E-state index in [4.69, 9.17) is 0 Å². The molecule has 1 aliphatic heterocycles. The van der Waals surface area contributed by atoms with Crippen molar-refractivity contribution >= 4 is 29.3 Å². The molecule has 0 unspecified atom stereocenters. The first-order valence-corrected chi connectivity index (χ1v) is 8.15. The summed E-state index contributed by atoms with van der Waals surface area (Å²) in [5.74, 6) is 0.894. The molecule has 2 rings (SSSR count). The van der Waals surface area contributed by atoms with Gasteiger partial charge in [-0.3, -0.25) is 9.59 Å². The third-order valence-corrected chi connectivity index (χ3v) is 4.11. The maximum absolute atomic E-state index is 12.3. The number of carbonyl (C=O) groups is 2. The molecule has 1 aromatic rings. The number of thioether (sulfide) groups is 1. The summed E-state index contributed by atoms with van der Waals surface area (Å²) < 4.78 is 0. The van der Waals surface area contributed by atoms with Crippen LogP contribution in [-0.4, -0.2) is 48.4 Å². The van der Waals surface area contributed by atoms with Crippen LogP contribution in [0.4, 0.5) is 5.69 Å². The molecule has 0 spiro atoms. The number of rotatable bonds is 4. The normalized spacial score (nSPS) is 15.6. The second-order valence-electron chi connectivity index (χ2n) is 4.89. The van der Waals surface area contributed by atoms with Crippen molar-refractivity contribution in [3.8, 4) is 0 Å². The predicted octanol–water partition coefficient (Wildman–Crippen LogP) is 1.92. The number of hydrogen-bond donors (Lipinski definition) is 0. The van der Waals surface area contributed by atoms with Crippen LogP contribution in [0.2, 0.25) is 0 Å². The zero-order valence-electron chi connectivity index (χ0n) is 12.0. The van der Waals surface area contributed by atoms with Gasteiger partial charge in [0.05, 0.1) is 0 Å². The lowest BCUT2D eigenvalue weighted by Crippen LogP contribution is -2.52. The van der Waals surface area contributed by atoms with Gasteiger partial charge in [-0.15, -0.1) is 0 Å². The van der Waals surface area contributed by atoms with Crippen LogP contribution in [0.1, 0.15) is 12.0 Å². The van der Waals surface area contributed by atoms with Gasteiger partial charge in [0, 0.05) is 31.0 Å². The third-order valence-electron chi connectivity index (χ3n) is 3.50. The highest BCUT2D eigenvalue weighted by Gasteiger charge is 2.28. The van der Waals surface area contributed by atoms with Crippen molar-refractivity contribution in [3.05, 3.63) is 29.8 Å². The number of nitrogens with zero attached hydrogens (tertiary/aromatic N) is 2. The summed E-state index contributed by atoms with van der Waals surface area (Å²) in [7, 11) is 0. The number of piperazine rings is 1. The molecule has 20 heavy (non-hydrogen) atoms. The molecule has 2 amide bonds. The van der Waals surface area contributed by atoms with Gasteiger partial charge < -0.3 is 9.80 Å². The summed E-state index contributed by atoms with van der Waals surface area (Å²) >= 11 is 1.65. The highest BCUT2D eigenvalue weighted by molar-refractivity contribution is 7.98. The van der Waals surface area contributed by atoms with E-state index in [1.807, 2.05) is 37.4 Å². The van der Waals surface area contributed by atoms with Crippen LogP contribution in [0.15, 0.2) is 24.3 Å². The highest BCUT2D eigenvalue weighted by atomic mass is 32.2. The Morgan fingerprint density at radius 2 is 2.05 bits per heavy atom. The number of benzene rings is 1. The number of hydrogen-bond acceptors (Lipinski definition) is 3. The summed E-state index contributed by atoms with van der Waals surface area (Å²) in [5.41, 5.74) is 2.04. The largest absolute Gasteiger partial charge is 0.332 e. The molecule has 0 aliphatic carbocycles. The van der Waals surface area contributed by atoms with Crippen LogP contribution in [0.25, 0.3) is 0 Å². The first kappa shape index (κ1) is 14.9. The minimum absolute atomic E-state index is 0.00283. The molecule has 1 aliphatic rings. The molecular weight excluding hydrogens is 272 g/mol. The van der Waals surface area contributed by atoms with Crippen molar-refractivity contribution in [3.63, 3.8) is 0 Å². The predicted molar refractivity (Wildman–Crippen MR) is 83.1 cm³/mol. The van der Waals surface area contributed by atoms with E-state index in [2.05, 4.69) is 0 Å². The SMILES string of the molecule is CSCCC(=O)N1CCN(c2ccccc2C)C(=O)C1. The Bertz CT molecular complexity index is 504. The molecular formula is C15H20N2O2S. The minimum Gasteiger partial charge on any atom is -0.332 e. The van der Waals surface area contributed by atoms with E-state index >= 15 is 0 Å². The number of carbonyl (C=O) groups excluding carboxylic acids is 2. The first-order chi connectivity index (χ1) is 9.63. The highest BCUT2D eigenvalue weighted by Crippen LogP contribution is 2.21. The van der Waals surface area contributed by atoms with E-state index in [1.165, 1.54) is 0 Å². The summed E-state index contributed by atoms with van der Waals surface area (Å²) in [6, 6.07) is 7.86. The topological polar surface area (TPSA) is 40.6 Å². The van der Waals surface area contributed by atoms with Crippen molar-refractivity contribution < 1.29 is 9.59 Å². The lowest BCUT2D eigenvalue weighted by atomic mass is 10.1. The van der Waals surface area contributed by atoms with Gasteiger partial charge in [0.15, 0.2) is 0 Å². The van der Waals surface area contributed by atoms with Crippen molar-refractivity contribution in [1.82, 2.24) is 4.90 Å². The zero-order valence-corrected chi connectivity index (χ0v) is 12.8. The quantitative estimate of drug-likeness (QED) is 0.851. The van der Waals surface area contributed by atoms with Crippen LogP contribution >= 0.6 is 11.8 Å². The fourth-order valence-corrected chi connectivity index (χ4v) is 2.73. The summed E-state index contributed by atoms with van der Waals surface area (Å²) in [4.78, 5) is 27.7. The Balaban J connectivity index is 2.01. The van der Waals surface area contributed by atoms with E-state index < -0.39 is 0 Å².